The Balaban J connectivity index is 2.74. The molecular formula is C12H12N2. The molecule has 2 rings (SSSR count). The van der Waals surface area contributed by atoms with Crippen LogP contribution in [0, 0.1) is 12.3 Å². The van der Waals surface area contributed by atoms with Gasteiger partial charge in [0.1, 0.15) is 5.65 Å². The van der Waals surface area contributed by atoms with E-state index in [0.29, 0.717) is 0 Å². The molecule has 2 heteroatoms. The van der Waals surface area contributed by atoms with Gasteiger partial charge in [-0.2, -0.15) is 0 Å². The van der Waals surface area contributed by atoms with Gasteiger partial charge in [-0.3, -0.25) is 0 Å². The van der Waals surface area contributed by atoms with E-state index >= 15 is 0 Å². The molecule has 0 radical (unpaired) electrons. The zero-order valence-electron chi connectivity index (χ0n) is 8.36. The number of hydrogen-bond acceptors (Lipinski definition) is 1. The van der Waals surface area contributed by atoms with E-state index in [1.165, 1.54) is 5.56 Å². The molecular weight excluding hydrogens is 172 g/mol. The fourth-order valence-corrected chi connectivity index (χ4v) is 1.68. The molecule has 2 aromatic rings. The van der Waals surface area contributed by atoms with E-state index in [1.54, 1.807) is 6.20 Å². The van der Waals surface area contributed by atoms with Gasteiger partial charge < -0.3 is 4.57 Å². The molecule has 2 aromatic heterocycles. The monoisotopic (exact) mass is 184 g/mol. The lowest BCUT2D eigenvalue weighted by Crippen LogP contribution is -1.87. The smallest absolute Gasteiger partial charge is 0.139 e. The zero-order valence-corrected chi connectivity index (χ0v) is 8.36. The van der Waals surface area contributed by atoms with Gasteiger partial charge in [0.05, 0.1) is 0 Å². The molecule has 1 atom stereocenters. The highest BCUT2D eigenvalue weighted by molar-refractivity contribution is 5.81. The highest BCUT2D eigenvalue weighted by Crippen LogP contribution is 2.24. The minimum Gasteiger partial charge on any atom is -0.335 e. The van der Waals surface area contributed by atoms with E-state index in [-0.39, 0.29) is 5.92 Å². The first-order valence-electron chi connectivity index (χ1n) is 4.60. The van der Waals surface area contributed by atoms with Crippen LogP contribution in [0.2, 0.25) is 0 Å². The third kappa shape index (κ3) is 1.18. The molecule has 0 saturated heterocycles. The lowest BCUT2D eigenvalue weighted by molar-refractivity contribution is 0.923. The molecule has 0 aliphatic carbocycles. The van der Waals surface area contributed by atoms with Crippen molar-refractivity contribution in [3.05, 3.63) is 30.1 Å². The fourth-order valence-electron chi connectivity index (χ4n) is 1.68. The Labute approximate surface area is 83.6 Å². The lowest BCUT2D eigenvalue weighted by atomic mass is 10.0. The number of hydrogen-bond donors (Lipinski definition) is 0. The van der Waals surface area contributed by atoms with E-state index in [1.807, 2.05) is 24.6 Å². The molecule has 0 spiro atoms. The van der Waals surface area contributed by atoms with Crippen molar-refractivity contribution in [2.45, 2.75) is 12.8 Å². The Hall–Kier alpha value is -1.75. The van der Waals surface area contributed by atoms with Gasteiger partial charge in [-0.25, -0.2) is 4.98 Å². The molecule has 0 aliphatic heterocycles. The van der Waals surface area contributed by atoms with Crippen molar-refractivity contribution in [3.8, 4) is 12.3 Å². The number of rotatable bonds is 1. The first-order chi connectivity index (χ1) is 6.74. The van der Waals surface area contributed by atoms with Crippen LogP contribution >= 0.6 is 0 Å². The zero-order chi connectivity index (χ0) is 10.1. The Morgan fingerprint density at radius 3 is 3.07 bits per heavy atom. The van der Waals surface area contributed by atoms with Crippen LogP contribution in [0.25, 0.3) is 11.0 Å². The molecule has 2 nitrogen and oxygen atoms in total. The van der Waals surface area contributed by atoms with Crippen molar-refractivity contribution in [1.82, 2.24) is 9.55 Å². The predicted octanol–water partition coefficient (Wildman–Crippen LogP) is 2.31. The molecule has 70 valence electrons. The van der Waals surface area contributed by atoms with Crippen molar-refractivity contribution in [1.29, 1.82) is 0 Å². The summed E-state index contributed by atoms with van der Waals surface area (Å²) in [5.74, 6) is 2.89. The highest BCUT2D eigenvalue weighted by atomic mass is 15.0. The third-order valence-corrected chi connectivity index (χ3v) is 2.48. The molecule has 0 aliphatic rings. The normalized spacial score (nSPS) is 12.6. The number of fused-ring (bicyclic) bond motifs is 1. The minimum atomic E-state index is 0.142. The number of terminal acetylenes is 1. The molecule has 14 heavy (non-hydrogen) atoms. The second-order valence-corrected chi connectivity index (χ2v) is 3.46. The van der Waals surface area contributed by atoms with Crippen LogP contribution in [0.15, 0.2) is 24.5 Å². The average Bonchev–Trinajstić information content (AvgIpc) is 2.56. The van der Waals surface area contributed by atoms with Crippen molar-refractivity contribution >= 4 is 11.0 Å². The average molecular weight is 184 g/mol. The maximum atomic E-state index is 5.42. The fraction of sp³-hybridized carbons (Fsp3) is 0.250. The summed E-state index contributed by atoms with van der Waals surface area (Å²) in [5.41, 5.74) is 2.17. The van der Waals surface area contributed by atoms with Crippen LogP contribution in [0.1, 0.15) is 18.4 Å². The third-order valence-electron chi connectivity index (χ3n) is 2.48. The van der Waals surface area contributed by atoms with E-state index in [0.717, 1.165) is 11.0 Å². The molecule has 0 N–H and O–H groups in total. The topological polar surface area (TPSA) is 17.8 Å². The van der Waals surface area contributed by atoms with Crippen LogP contribution in [-0.2, 0) is 7.05 Å². The molecule has 0 bridgehead atoms. The maximum absolute atomic E-state index is 5.42. The van der Waals surface area contributed by atoms with Crippen LogP contribution in [0.4, 0.5) is 0 Å². The Kier molecular flexibility index (Phi) is 2.01. The van der Waals surface area contributed by atoms with E-state index < -0.39 is 0 Å². The van der Waals surface area contributed by atoms with Crippen LogP contribution < -0.4 is 0 Å². The Bertz CT molecular complexity index is 503. The highest BCUT2D eigenvalue weighted by Gasteiger charge is 2.10. The van der Waals surface area contributed by atoms with Crippen molar-refractivity contribution in [2.75, 3.05) is 0 Å². The van der Waals surface area contributed by atoms with Gasteiger partial charge in [0.15, 0.2) is 0 Å². The summed E-state index contributed by atoms with van der Waals surface area (Å²) in [5, 5.41) is 1.15. The van der Waals surface area contributed by atoms with Crippen molar-refractivity contribution in [3.63, 3.8) is 0 Å². The molecule has 1 unspecified atom stereocenters. The number of aryl methyl sites for hydroxylation is 1. The standard InChI is InChI=1S/C12H12N2/c1-4-9(2)11-8-14(3)12-10(11)6-5-7-13-12/h1,5-9H,2-3H3. The number of nitrogens with zero attached hydrogens (tertiary/aromatic N) is 2. The van der Waals surface area contributed by atoms with Gasteiger partial charge in [0, 0.05) is 30.7 Å². The predicted molar refractivity (Wildman–Crippen MR) is 58.0 cm³/mol. The summed E-state index contributed by atoms with van der Waals surface area (Å²) in [7, 11) is 1.99. The summed E-state index contributed by atoms with van der Waals surface area (Å²) in [4.78, 5) is 4.31. The number of pyridine rings is 1. The van der Waals surface area contributed by atoms with Crippen LogP contribution in [0.3, 0.4) is 0 Å². The van der Waals surface area contributed by atoms with Gasteiger partial charge in [-0.15, -0.1) is 6.42 Å². The van der Waals surface area contributed by atoms with Crippen LogP contribution in [0.5, 0.6) is 0 Å². The summed E-state index contributed by atoms with van der Waals surface area (Å²) in [6.07, 6.45) is 9.28. The van der Waals surface area contributed by atoms with Crippen molar-refractivity contribution < 1.29 is 0 Å². The van der Waals surface area contributed by atoms with E-state index in [9.17, 15) is 0 Å². The molecule has 0 amide bonds. The maximum Gasteiger partial charge on any atom is 0.139 e. The van der Waals surface area contributed by atoms with Gasteiger partial charge >= 0.3 is 0 Å². The van der Waals surface area contributed by atoms with Gasteiger partial charge in [-0.1, -0.05) is 5.92 Å². The van der Waals surface area contributed by atoms with Crippen LogP contribution in [-0.4, -0.2) is 9.55 Å². The minimum absolute atomic E-state index is 0.142. The Morgan fingerprint density at radius 2 is 2.36 bits per heavy atom. The van der Waals surface area contributed by atoms with E-state index in [2.05, 4.69) is 23.2 Å². The van der Waals surface area contributed by atoms with Gasteiger partial charge in [-0.05, 0) is 24.6 Å². The van der Waals surface area contributed by atoms with Gasteiger partial charge in [0.25, 0.3) is 0 Å². The second-order valence-electron chi connectivity index (χ2n) is 3.46. The molecule has 0 aromatic carbocycles. The second kappa shape index (κ2) is 3.19. The molecule has 0 saturated carbocycles. The number of aromatic nitrogens is 2. The molecule has 0 fully saturated rings. The first-order valence-corrected chi connectivity index (χ1v) is 4.60. The van der Waals surface area contributed by atoms with Crippen molar-refractivity contribution in [2.24, 2.45) is 7.05 Å². The quantitative estimate of drug-likeness (QED) is 0.622. The van der Waals surface area contributed by atoms with E-state index in [4.69, 9.17) is 6.42 Å². The summed E-state index contributed by atoms with van der Waals surface area (Å²) < 4.78 is 2.01. The van der Waals surface area contributed by atoms with Gasteiger partial charge in [0.2, 0.25) is 0 Å². The SMILES string of the molecule is C#CC(C)c1cn(C)c2ncccc12. The summed E-state index contributed by atoms with van der Waals surface area (Å²) in [6, 6.07) is 4.00. The summed E-state index contributed by atoms with van der Waals surface area (Å²) in [6.45, 7) is 2.03. The first kappa shape index (κ1) is 8.83. The molecule has 2 heterocycles. The summed E-state index contributed by atoms with van der Waals surface area (Å²) >= 11 is 0. The largest absolute Gasteiger partial charge is 0.335 e. The lowest BCUT2D eigenvalue weighted by Gasteiger charge is -1.99. The Morgan fingerprint density at radius 1 is 1.57 bits per heavy atom.